The number of nitrogens with one attached hydrogen (secondary N) is 2. The van der Waals surface area contributed by atoms with E-state index in [9.17, 15) is 0 Å². The lowest BCUT2D eigenvalue weighted by Crippen LogP contribution is -2.56. The number of hydrogen-bond donors (Lipinski definition) is 2. The molecule has 2 aliphatic rings. The summed E-state index contributed by atoms with van der Waals surface area (Å²) in [5.74, 6) is 2.65. The van der Waals surface area contributed by atoms with Gasteiger partial charge in [0.1, 0.15) is 0 Å². The summed E-state index contributed by atoms with van der Waals surface area (Å²) in [5, 5.41) is 6.83. The molecule has 76 valence electrons. The Morgan fingerprint density at radius 3 is 2.69 bits per heavy atom. The van der Waals surface area contributed by atoms with E-state index in [4.69, 9.17) is 0 Å². The minimum absolute atomic E-state index is 0.749. The maximum absolute atomic E-state index is 3.56. The first kappa shape index (κ1) is 9.77. The molecule has 2 N–H and O–H groups in total. The van der Waals surface area contributed by atoms with Crippen LogP contribution in [-0.4, -0.2) is 61.7 Å². The Balaban J connectivity index is 1.50. The molecule has 0 atom stereocenters. The van der Waals surface area contributed by atoms with E-state index in [0.29, 0.717) is 0 Å². The predicted octanol–water partition coefficient (Wildman–Crippen LogP) is -0.403. The first-order valence-electron chi connectivity index (χ1n) is 5.19. The fraction of sp³-hybridized carbons (Fsp3) is 1.00. The van der Waals surface area contributed by atoms with E-state index in [1.807, 2.05) is 0 Å². The Bertz CT molecular complexity index is 144. The molecular formula is C9H19N3S. The zero-order valence-electron chi connectivity index (χ0n) is 8.09. The van der Waals surface area contributed by atoms with Gasteiger partial charge in [0.2, 0.25) is 0 Å². The molecular weight excluding hydrogens is 182 g/mol. The fourth-order valence-electron chi connectivity index (χ4n) is 1.68. The summed E-state index contributed by atoms with van der Waals surface area (Å²) < 4.78 is 0. The highest BCUT2D eigenvalue weighted by Crippen LogP contribution is 2.07. The van der Waals surface area contributed by atoms with Crippen molar-refractivity contribution < 1.29 is 0 Å². The molecule has 2 saturated heterocycles. The second-order valence-electron chi connectivity index (χ2n) is 3.76. The Labute approximate surface area is 84.6 Å². The fourth-order valence-corrected chi connectivity index (χ4v) is 2.66. The van der Waals surface area contributed by atoms with E-state index in [1.165, 1.54) is 31.1 Å². The quantitative estimate of drug-likeness (QED) is 0.647. The maximum Gasteiger partial charge on any atom is 0.0318 e. The van der Waals surface area contributed by atoms with Crippen molar-refractivity contribution in [3.05, 3.63) is 0 Å². The second kappa shape index (κ2) is 5.20. The average Bonchev–Trinajstić information content (AvgIpc) is 2.11. The van der Waals surface area contributed by atoms with Crippen LogP contribution in [0.25, 0.3) is 0 Å². The average molecular weight is 201 g/mol. The van der Waals surface area contributed by atoms with Gasteiger partial charge in [0.15, 0.2) is 0 Å². The lowest BCUT2D eigenvalue weighted by atomic mass is 10.2. The van der Waals surface area contributed by atoms with Crippen LogP contribution >= 0.6 is 11.8 Å². The molecule has 3 nitrogen and oxygen atoms in total. The first-order chi connectivity index (χ1) is 6.45. The molecule has 2 heterocycles. The lowest BCUT2D eigenvalue weighted by molar-refractivity contribution is 0.281. The van der Waals surface area contributed by atoms with Crippen molar-refractivity contribution in [2.75, 3.05) is 50.8 Å². The predicted molar refractivity (Wildman–Crippen MR) is 58.4 cm³/mol. The van der Waals surface area contributed by atoms with Crippen molar-refractivity contribution in [3.8, 4) is 0 Å². The number of nitrogens with zero attached hydrogens (tertiary/aromatic N) is 1. The number of rotatable bonds is 4. The number of thioether (sulfide) groups is 1. The molecule has 2 aliphatic heterocycles. The van der Waals surface area contributed by atoms with E-state index in [0.717, 1.165) is 25.7 Å². The van der Waals surface area contributed by atoms with E-state index in [2.05, 4.69) is 27.3 Å². The SMILES string of the molecule is C(CN1CCSCC1)NC1CNC1. The topological polar surface area (TPSA) is 27.3 Å². The molecule has 0 radical (unpaired) electrons. The highest BCUT2D eigenvalue weighted by atomic mass is 32.2. The summed E-state index contributed by atoms with van der Waals surface area (Å²) >= 11 is 2.08. The summed E-state index contributed by atoms with van der Waals surface area (Å²) in [5.41, 5.74) is 0. The summed E-state index contributed by atoms with van der Waals surface area (Å²) in [4.78, 5) is 2.57. The van der Waals surface area contributed by atoms with E-state index >= 15 is 0 Å². The van der Waals surface area contributed by atoms with Gasteiger partial charge in [-0.2, -0.15) is 11.8 Å². The highest BCUT2D eigenvalue weighted by Gasteiger charge is 2.16. The third kappa shape index (κ3) is 3.13. The van der Waals surface area contributed by atoms with Crippen LogP contribution in [0.2, 0.25) is 0 Å². The van der Waals surface area contributed by atoms with Gasteiger partial charge in [0.05, 0.1) is 0 Å². The molecule has 0 spiro atoms. The summed E-state index contributed by atoms with van der Waals surface area (Å²) in [7, 11) is 0. The molecule has 0 saturated carbocycles. The van der Waals surface area contributed by atoms with Crippen molar-refractivity contribution >= 4 is 11.8 Å². The molecule has 0 aliphatic carbocycles. The molecule has 0 aromatic heterocycles. The molecule has 13 heavy (non-hydrogen) atoms. The molecule has 4 heteroatoms. The molecule has 0 bridgehead atoms. The van der Waals surface area contributed by atoms with Gasteiger partial charge in [0.25, 0.3) is 0 Å². The largest absolute Gasteiger partial charge is 0.314 e. The monoisotopic (exact) mass is 201 g/mol. The van der Waals surface area contributed by atoms with Gasteiger partial charge < -0.3 is 15.5 Å². The standard InChI is InChI=1S/C9H19N3S/c1(11-9-7-10-8-9)2-12-3-5-13-6-4-12/h9-11H,1-8H2. The van der Waals surface area contributed by atoms with Crippen LogP contribution in [0.4, 0.5) is 0 Å². The van der Waals surface area contributed by atoms with Crippen LogP contribution < -0.4 is 10.6 Å². The Morgan fingerprint density at radius 1 is 1.31 bits per heavy atom. The van der Waals surface area contributed by atoms with Crippen LogP contribution in [-0.2, 0) is 0 Å². The maximum atomic E-state index is 3.56. The third-order valence-corrected chi connectivity index (χ3v) is 3.69. The van der Waals surface area contributed by atoms with Gasteiger partial charge in [0, 0.05) is 56.8 Å². The van der Waals surface area contributed by atoms with Crippen molar-refractivity contribution in [1.82, 2.24) is 15.5 Å². The van der Waals surface area contributed by atoms with E-state index in [1.54, 1.807) is 0 Å². The summed E-state index contributed by atoms with van der Waals surface area (Å²) in [6.07, 6.45) is 0. The van der Waals surface area contributed by atoms with Crippen LogP contribution in [0.15, 0.2) is 0 Å². The number of hydrogen-bond acceptors (Lipinski definition) is 4. The summed E-state index contributed by atoms with van der Waals surface area (Å²) in [6.45, 7) is 7.30. The van der Waals surface area contributed by atoms with Crippen molar-refractivity contribution in [2.24, 2.45) is 0 Å². The molecule has 0 aromatic carbocycles. The van der Waals surface area contributed by atoms with Gasteiger partial charge in [-0.1, -0.05) is 0 Å². The Kier molecular flexibility index (Phi) is 3.91. The summed E-state index contributed by atoms with van der Waals surface area (Å²) in [6, 6.07) is 0.749. The minimum Gasteiger partial charge on any atom is -0.314 e. The van der Waals surface area contributed by atoms with Crippen LogP contribution in [0.1, 0.15) is 0 Å². The zero-order chi connectivity index (χ0) is 8.93. The van der Waals surface area contributed by atoms with Gasteiger partial charge in [-0.05, 0) is 0 Å². The third-order valence-electron chi connectivity index (χ3n) is 2.75. The minimum atomic E-state index is 0.749. The van der Waals surface area contributed by atoms with Gasteiger partial charge in [-0.25, -0.2) is 0 Å². The van der Waals surface area contributed by atoms with Crippen LogP contribution in [0, 0.1) is 0 Å². The Morgan fingerprint density at radius 2 is 2.08 bits per heavy atom. The first-order valence-corrected chi connectivity index (χ1v) is 6.35. The van der Waals surface area contributed by atoms with Gasteiger partial charge >= 0.3 is 0 Å². The molecule has 0 amide bonds. The van der Waals surface area contributed by atoms with Crippen molar-refractivity contribution in [2.45, 2.75) is 6.04 Å². The molecule has 0 unspecified atom stereocenters. The van der Waals surface area contributed by atoms with E-state index < -0.39 is 0 Å². The van der Waals surface area contributed by atoms with Gasteiger partial charge in [-0.15, -0.1) is 0 Å². The lowest BCUT2D eigenvalue weighted by Gasteiger charge is -2.31. The van der Waals surface area contributed by atoms with Crippen molar-refractivity contribution in [1.29, 1.82) is 0 Å². The highest BCUT2D eigenvalue weighted by molar-refractivity contribution is 7.99. The van der Waals surface area contributed by atoms with E-state index in [-0.39, 0.29) is 0 Å². The van der Waals surface area contributed by atoms with Gasteiger partial charge in [-0.3, -0.25) is 0 Å². The van der Waals surface area contributed by atoms with Crippen LogP contribution in [0.3, 0.4) is 0 Å². The molecule has 2 rings (SSSR count). The van der Waals surface area contributed by atoms with Crippen LogP contribution in [0.5, 0.6) is 0 Å². The second-order valence-corrected chi connectivity index (χ2v) is 4.99. The zero-order valence-corrected chi connectivity index (χ0v) is 8.91. The molecule has 2 fully saturated rings. The smallest absolute Gasteiger partial charge is 0.0318 e. The van der Waals surface area contributed by atoms with Crippen molar-refractivity contribution in [3.63, 3.8) is 0 Å². The normalized spacial score (nSPS) is 25.8. The molecule has 0 aromatic rings. The Hall–Kier alpha value is 0.230.